The fraction of sp³-hybridized carbons (Fsp3) is 0.429. The summed E-state index contributed by atoms with van der Waals surface area (Å²) in [5.74, 6) is 0.858. The number of likely N-dealkylation sites (tertiary alicyclic amines) is 1. The van der Waals surface area contributed by atoms with Crippen LogP contribution in [-0.2, 0) is 13.1 Å². The van der Waals surface area contributed by atoms with Gasteiger partial charge < -0.3 is 15.2 Å². The molecule has 0 radical (unpaired) electrons. The van der Waals surface area contributed by atoms with E-state index in [2.05, 4.69) is 53.5 Å². The number of aliphatic hydroxyl groups excluding tert-OH is 1. The zero-order valence-corrected chi connectivity index (χ0v) is 14.9. The third-order valence-electron chi connectivity index (χ3n) is 4.84. The summed E-state index contributed by atoms with van der Waals surface area (Å²) in [5.41, 5.74) is 2.52. The molecule has 134 valence electrons. The van der Waals surface area contributed by atoms with Crippen molar-refractivity contribution < 1.29 is 9.84 Å². The van der Waals surface area contributed by atoms with Gasteiger partial charge in [-0.2, -0.15) is 0 Å². The SMILES string of the molecule is CC1CC(NCc2ccccc2OCCO)CN1Cc1ccccc1. The molecule has 2 unspecified atom stereocenters. The zero-order chi connectivity index (χ0) is 17.5. The van der Waals surface area contributed by atoms with Gasteiger partial charge in [-0.1, -0.05) is 48.5 Å². The van der Waals surface area contributed by atoms with Gasteiger partial charge in [-0.15, -0.1) is 0 Å². The Kier molecular flexibility index (Phi) is 6.45. The molecule has 1 aliphatic rings. The first kappa shape index (κ1) is 17.9. The Hall–Kier alpha value is -1.88. The Morgan fingerprint density at radius 2 is 1.88 bits per heavy atom. The van der Waals surface area contributed by atoms with Crippen molar-refractivity contribution in [2.45, 2.75) is 38.5 Å². The third kappa shape index (κ3) is 5.05. The lowest BCUT2D eigenvalue weighted by Crippen LogP contribution is -2.32. The van der Waals surface area contributed by atoms with Gasteiger partial charge in [-0.25, -0.2) is 0 Å². The number of para-hydroxylation sites is 1. The number of aliphatic hydroxyl groups is 1. The smallest absolute Gasteiger partial charge is 0.123 e. The molecular weight excluding hydrogens is 312 g/mol. The van der Waals surface area contributed by atoms with Gasteiger partial charge in [0, 0.05) is 37.3 Å². The van der Waals surface area contributed by atoms with Crippen molar-refractivity contribution in [3.8, 4) is 5.75 Å². The molecule has 0 spiro atoms. The Bertz CT molecular complexity index is 647. The second-order valence-electron chi connectivity index (χ2n) is 6.76. The van der Waals surface area contributed by atoms with E-state index in [0.717, 1.165) is 37.4 Å². The van der Waals surface area contributed by atoms with E-state index in [0.29, 0.717) is 18.7 Å². The van der Waals surface area contributed by atoms with Crippen molar-refractivity contribution in [3.63, 3.8) is 0 Å². The van der Waals surface area contributed by atoms with Gasteiger partial charge in [0.1, 0.15) is 12.4 Å². The largest absolute Gasteiger partial charge is 0.491 e. The fourth-order valence-electron chi connectivity index (χ4n) is 3.49. The molecule has 0 aliphatic carbocycles. The summed E-state index contributed by atoms with van der Waals surface area (Å²) in [5, 5.41) is 12.6. The van der Waals surface area contributed by atoms with Crippen LogP contribution in [0.1, 0.15) is 24.5 Å². The summed E-state index contributed by atoms with van der Waals surface area (Å²) in [6.45, 7) is 5.55. The molecule has 4 heteroatoms. The second kappa shape index (κ2) is 8.99. The van der Waals surface area contributed by atoms with Crippen LogP contribution in [0.3, 0.4) is 0 Å². The Morgan fingerprint density at radius 1 is 1.12 bits per heavy atom. The number of rotatable bonds is 8. The van der Waals surface area contributed by atoms with Crippen molar-refractivity contribution in [2.24, 2.45) is 0 Å². The van der Waals surface area contributed by atoms with E-state index in [1.54, 1.807) is 0 Å². The molecule has 1 saturated heterocycles. The van der Waals surface area contributed by atoms with Crippen LogP contribution in [0.25, 0.3) is 0 Å². The first-order valence-electron chi connectivity index (χ1n) is 9.09. The van der Waals surface area contributed by atoms with Crippen LogP contribution in [0.2, 0.25) is 0 Å². The fourth-order valence-corrected chi connectivity index (χ4v) is 3.49. The molecule has 2 N–H and O–H groups in total. The molecule has 1 heterocycles. The maximum absolute atomic E-state index is 8.95. The number of hydrogen-bond acceptors (Lipinski definition) is 4. The minimum atomic E-state index is 0.0380. The molecule has 2 aromatic carbocycles. The summed E-state index contributed by atoms with van der Waals surface area (Å²) in [6, 6.07) is 19.8. The lowest BCUT2D eigenvalue weighted by Gasteiger charge is -2.21. The average molecular weight is 340 g/mol. The molecule has 0 bridgehead atoms. The molecule has 0 saturated carbocycles. The standard InChI is InChI=1S/C21H28N2O2/c1-17-13-20(16-23(17)15-18-7-3-2-4-8-18)22-14-19-9-5-6-10-21(19)25-12-11-24/h2-10,17,20,22,24H,11-16H2,1H3. The van der Waals surface area contributed by atoms with Gasteiger partial charge in [-0.3, -0.25) is 4.90 Å². The van der Waals surface area contributed by atoms with E-state index in [-0.39, 0.29) is 6.61 Å². The summed E-state index contributed by atoms with van der Waals surface area (Å²) in [7, 11) is 0. The van der Waals surface area contributed by atoms with Crippen LogP contribution < -0.4 is 10.1 Å². The van der Waals surface area contributed by atoms with Crippen LogP contribution in [0.5, 0.6) is 5.75 Å². The normalized spacial score (nSPS) is 20.7. The van der Waals surface area contributed by atoms with Crippen LogP contribution in [0.15, 0.2) is 54.6 Å². The van der Waals surface area contributed by atoms with Gasteiger partial charge in [-0.05, 0) is 25.0 Å². The van der Waals surface area contributed by atoms with Crippen molar-refractivity contribution in [2.75, 3.05) is 19.8 Å². The molecule has 0 amide bonds. The van der Waals surface area contributed by atoms with Crippen molar-refractivity contribution in [1.29, 1.82) is 0 Å². The molecule has 1 aliphatic heterocycles. The molecule has 0 aromatic heterocycles. The molecule has 4 nitrogen and oxygen atoms in total. The summed E-state index contributed by atoms with van der Waals surface area (Å²) in [6.07, 6.45) is 1.16. The maximum atomic E-state index is 8.95. The maximum Gasteiger partial charge on any atom is 0.123 e. The monoisotopic (exact) mass is 340 g/mol. The molecule has 1 fully saturated rings. The first-order valence-corrected chi connectivity index (χ1v) is 9.09. The predicted molar refractivity (Wildman–Crippen MR) is 101 cm³/mol. The average Bonchev–Trinajstić information content (AvgIpc) is 2.99. The summed E-state index contributed by atoms with van der Waals surface area (Å²) < 4.78 is 5.62. The second-order valence-corrected chi connectivity index (χ2v) is 6.76. The lowest BCUT2D eigenvalue weighted by molar-refractivity contribution is 0.200. The topological polar surface area (TPSA) is 44.7 Å². The minimum absolute atomic E-state index is 0.0380. The number of benzene rings is 2. The highest BCUT2D eigenvalue weighted by Gasteiger charge is 2.28. The molecule has 2 aromatic rings. The van der Waals surface area contributed by atoms with Gasteiger partial charge in [0.15, 0.2) is 0 Å². The van der Waals surface area contributed by atoms with Gasteiger partial charge in [0.25, 0.3) is 0 Å². The van der Waals surface area contributed by atoms with Crippen molar-refractivity contribution in [3.05, 3.63) is 65.7 Å². The number of nitrogens with zero attached hydrogens (tertiary/aromatic N) is 1. The minimum Gasteiger partial charge on any atom is -0.491 e. The third-order valence-corrected chi connectivity index (χ3v) is 4.84. The predicted octanol–water partition coefficient (Wildman–Crippen LogP) is 2.81. The van der Waals surface area contributed by atoms with Gasteiger partial charge in [0.05, 0.1) is 6.61 Å². The van der Waals surface area contributed by atoms with Gasteiger partial charge >= 0.3 is 0 Å². The number of hydrogen-bond donors (Lipinski definition) is 2. The molecule has 25 heavy (non-hydrogen) atoms. The highest BCUT2D eigenvalue weighted by atomic mass is 16.5. The lowest BCUT2D eigenvalue weighted by atomic mass is 10.1. The summed E-state index contributed by atoms with van der Waals surface area (Å²) in [4.78, 5) is 2.54. The highest BCUT2D eigenvalue weighted by Crippen LogP contribution is 2.22. The van der Waals surface area contributed by atoms with Crippen LogP contribution in [0, 0.1) is 0 Å². The molecule has 2 atom stereocenters. The first-order chi connectivity index (χ1) is 12.3. The Morgan fingerprint density at radius 3 is 2.68 bits per heavy atom. The molecule has 3 rings (SSSR count). The van der Waals surface area contributed by atoms with Crippen LogP contribution in [-0.4, -0.2) is 41.8 Å². The number of nitrogens with one attached hydrogen (secondary N) is 1. The van der Waals surface area contributed by atoms with Crippen LogP contribution >= 0.6 is 0 Å². The van der Waals surface area contributed by atoms with E-state index in [1.165, 1.54) is 5.56 Å². The van der Waals surface area contributed by atoms with E-state index in [9.17, 15) is 0 Å². The zero-order valence-electron chi connectivity index (χ0n) is 14.9. The van der Waals surface area contributed by atoms with Gasteiger partial charge in [0.2, 0.25) is 0 Å². The summed E-state index contributed by atoms with van der Waals surface area (Å²) >= 11 is 0. The molecular formula is C21H28N2O2. The van der Waals surface area contributed by atoms with E-state index in [4.69, 9.17) is 9.84 Å². The Balaban J connectivity index is 1.53. The highest BCUT2D eigenvalue weighted by molar-refractivity contribution is 5.33. The van der Waals surface area contributed by atoms with Crippen molar-refractivity contribution in [1.82, 2.24) is 10.2 Å². The van der Waals surface area contributed by atoms with Crippen molar-refractivity contribution >= 4 is 0 Å². The number of ether oxygens (including phenoxy) is 1. The Labute approximate surface area is 150 Å². The van der Waals surface area contributed by atoms with E-state index < -0.39 is 0 Å². The quantitative estimate of drug-likeness (QED) is 0.776. The van der Waals surface area contributed by atoms with E-state index >= 15 is 0 Å². The van der Waals surface area contributed by atoms with E-state index in [1.807, 2.05) is 18.2 Å². The van der Waals surface area contributed by atoms with Crippen LogP contribution in [0.4, 0.5) is 0 Å².